The predicted molar refractivity (Wildman–Crippen MR) is 140 cm³/mol. The lowest BCUT2D eigenvalue weighted by Gasteiger charge is -2.14. The first kappa shape index (κ1) is 24.2. The van der Waals surface area contributed by atoms with Crippen molar-refractivity contribution in [2.45, 2.75) is 26.4 Å². The smallest absolute Gasteiger partial charge is 0.363 e. The van der Waals surface area contributed by atoms with Crippen molar-refractivity contribution < 1.29 is 19.0 Å². The van der Waals surface area contributed by atoms with Gasteiger partial charge >= 0.3 is 5.97 Å². The summed E-state index contributed by atoms with van der Waals surface area (Å²) in [5.41, 5.74) is 3.94. The second-order valence-corrected chi connectivity index (χ2v) is 9.84. The van der Waals surface area contributed by atoms with Crippen molar-refractivity contribution in [1.29, 1.82) is 0 Å². The van der Waals surface area contributed by atoms with Gasteiger partial charge < -0.3 is 14.2 Å². The minimum absolute atomic E-state index is 0.222. The van der Waals surface area contributed by atoms with E-state index in [1.54, 1.807) is 19.3 Å². The average molecular weight is 585 g/mol. The summed E-state index contributed by atoms with van der Waals surface area (Å²) < 4.78 is 18.7. The van der Waals surface area contributed by atoms with Crippen LogP contribution in [0.1, 0.15) is 42.0 Å². The molecule has 1 aliphatic rings. The van der Waals surface area contributed by atoms with Gasteiger partial charge in [0.2, 0.25) is 5.90 Å². The number of benzene rings is 3. The Hall–Kier alpha value is -2.90. The Morgan fingerprint density at radius 1 is 1.06 bits per heavy atom. The van der Waals surface area contributed by atoms with Crippen LogP contribution in [-0.2, 0) is 16.1 Å². The van der Waals surface area contributed by atoms with Gasteiger partial charge in [0, 0.05) is 10.0 Å². The molecular formula is C27H23Br2NO4. The SMILES string of the molecule is COc1cc(/C=C2\N=C(c3ccc(C(C)C)cc3)OC2=O)cc(Br)c1OCc1cccc(Br)c1. The standard InChI is InChI=1S/C27H23Br2NO4/c1-16(2)19-7-9-20(10-8-19)26-30-23(27(31)34-26)13-18-12-22(29)25(24(14-18)32-3)33-15-17-5-4-6-21(28)11-17/h4-14,16H,15H2,1-3H3/b23-13-. The first-order valence-electron chi connectivity index (χ1n) is 10.7. The summed E-state index contributed by atoms with van der Waals surface area (Å²) in [6, 6.07) is 19.4. The van der Waals surface area contributed by atoms with Crippen LogP contribution in [0.2, 0.25) is 0 Å². The Morgan fingerprint density at radius 3 is 2.50 bits per heavy atom. The number of hydrogen-bond donors (Lipinski definition) is 0. The van der Waals surface area contributed by atoms with Gasteiger partial charge in [0.1, 0.15) is 6.61 Å². The number of esters is 1. The molecule has 0 unspecified atom stereocenters. The molecule has 3 aromatic carbocycles. The zero-order valence-corrected chi connectivity index (χ0v) is 22.1. The van der Waals surface area contributed by atoms with E-state index in [0.29, 0.717) is 34.4 Å². The fourth-order valence-corrected chi connectivity index (χ4v) is 4.47. The number of methoxy groups -OCH3 is 1. The molecule has 0 N–H and O–H groups in total. The third-order valence-electron chi connectivity index (χ3n) is 5.27. The van der Waals surface area contributed by atoms with Crippen LogP contribution in [-0.4, -0.2) is 19.0 Å². The molecule has 0 bridgehead atoms. The number of aliphatic imine (C=N–C) groups is 1. The van der Waals surface area contributed by atoms with Crippen molar-refractivity contribution in [2.75, 3.05) is 7.11 Å². The van der Waals surface area contributed by atoms with Gasteiger partial charge in [-0.2, -0.15) is 0 Å². The summed E-state index contributed by atoms with van der Waals surface area (Å²) in [5, 5.41) is 0. The van der Waals surface area contributed by atoms with Crippen molar-refractivity contribution in [3.8, 4) is 11.5 Å². The van der Waals surface area contributed by atoms with E-state index < -0.39 is 5.97 Å². The number of ether oxygens (including phenoxy) is 3. The van der Waals surface area contributed by atoms with Gasteiger partial charge in [-0.1, -0.05) is 54.0 Å². The number of hydrogen-bond acceptors (Lipinski definition) is 5. The molecule has 0 aliphatic carbocycles. The highest BCUT2D eigenvalue weighted by molar-refractivity contribution is 9.10. The van der Waals surface area contributed by atoms with Gasteiger partial charge in [0.15, 0.2) is 17.2 Å². The lowest BCUT2D eigenvalue weighted by molar-refractivity contribution is -0.129. The molecular weight excluding hydrogens is 562 g/mol. The summed E-state index contributed by atoms with van der Waals surface area (Å²) in [7, 11) is 1.57. The highest BCUT2D eigenvalue weighted by Crippen LogP contribution is 2.38. The normalized spacial score (nSPS) is 14.4. The van der Waals surface area contributed by atoms with Crippen LogP contribution >= 0.6 is 31.9 Å². The molecule has 0 fully saturated rings. The fourth-order valence-electron chi connectivity index (χ4n) is 3.45. The van der Waals surface area contributed by atoms with E-state index >= 15 is 0 Å². The lowest BCUT2D eigenvalue weighted by Crippen LogP contribution is -2.05. The summed E-state index contributed by atoms with van der Waals surface area (Å²) in [6.45, 7) is 4.64. The zero-order chi connectivity index (χ0) is 24.2. The second-order valence-electron chi connectivity index (χ2n) is 8.07. The highest BCUT2D eigenvalue weighted by Gasteiger charge is 2.24. The maximum absolute atomic E-state index is 12.5. The number of cyclic esters (lactones) is 1. The highest BCUT2D eigenvalue weighted by atomic mass is 79.9. The third kappa shape index (κ3) is 5.59. The molecule has 0 amide bonds. The third-order valence-corrected chi connectivity index (χ3v) is 6.35. The molecule has 174 valence electrons. The number of carbonyl (C=O) groups is 1. The first-order chi connectivity index (χ1) is 16.3. The summed E-state index contributed by atoms with van der Waals surface area (Å²) >= 11 is 7.03. The molecule has 34 heavy (non-hydrogen) atoms. The van der Waals surface area contributed by atoms with Crippen LogP contribution < -0.4 is 9.47 Å². The van der Waals surface area contributed by atoms with Crippen molar-refractivity contribution in [1.82, 2.24) is 0 Å². The molecule has 0 aromatic heterocycles. The van der Waals surface area contributed by atoms with E-state index in [0.717, 1.165) is 21.2 Å². The largest absolute Gasteiger partial charge is 0.493 e. The van der Waals surface area contributed by atoms with Crippen molar-refractivity contribution in [3.05, 3.63) is 97.6 Å². The molecule has 0 saturated carbocycles. The maximum atomic E-state index is 12.5. The molecule has 0 atom stereocenters. The molecule has 5 nitrogen and oxygen atoms in total. The molecule has 0 radical (unpaired) electrons. The van der Waals surface area contributed by atoms with Crippen molar-refractivity contribution >= 4 is 49.8 Å². The quantitative estimate of drug-likeness (QED) is 0.216. The predicted octanol–water partition coefficient (Wildman–Crippen LogP) is 7.27. The Labute approximate surface area is 215 Å². The van der Waals surface area contributed by atoms with E-state index in [4.69, 9.17) is 14.2 Å². The average Bonchev–Trinajstić information content (AvgIpc) is 3.18. The van der Waals surface area contributed by atoms with Crippen LogP contribution in [0.5, 0.6) is 11.5 Å². The van der Waals surface area contributed by atoms with Gasteiger partial charge in [-0.15, -0.1) is 0 Å². The number of rotatable bonds is 7. The minimum atomic E-state index is -0.493. The van der Waals surface area contributed by atoms with Gasteiger partial charge in [-0.05, 0) is 81.0 Å². The summed E-state index contributed by atoms with van der Waals surface area (Å²) in [5.74, 6) is 1.34. The molecule has 1 aliphatic heterocycles. The van der Waals surface area contributed by atoms with Crippen LogP contribution in [0.4, 0.5) is 0 Å². The summed E-state index contributed by atoms with van der Waals surface area (Å²) in [6.07, 6.45) is 1.67. The van der Waals surface area contributed by atoms with Crippen LogP contribution in [0.15, 0.2) is 80.3 Å². The van der Waals surface area contributed by atoms with E-state index in [-0.39, 0.29) is 5.70 Å². The minimum Gasteiger partial charge on any atom is -0.493 e. The number of nitrogens with zero attached hydrogens (tertiary/aromatic N) is 1. The van der Waals surface area contributed by atoms with E-state index in [1.807, 2.05) is 54.6 Å². The Kier molecular flexibility index (Phi) is 7.54. The lowest BCUT2D eigenvalue weighted by atomic mass is 10.0. The molecule has 1 heterocycles. The molecule has 7 heteroatoms. The van der Waals surface area contributed by atoms with Gasteiger partial charge in [0.05, 0.1) is 11.6 Å². The van der Waals surface area contributed by atoms with Crippen LogP contribution in [0, 0.1) is 0 Å². The topological polar surface area (TPSA) is 57.1 Å². The van der Waals surface area contributed by atoms with Gasteiger partial charge in [-0.25, -0.2) is 9.79 Å². The first-order valence-corrected chi connectivity index (χ1v) is 12.3. The van der Waals surface area contributed by atoms with Gasteiger partial charge in [-0.3, -0.25) is 0 Å². The van der Waals surface area contributed by atoms with Crippen LogP contribution in [0.25, 0.3) is 6.08 Å². The summed E-state index contributed by atoms with van der Waals surface area (Å²) in [4.78, 5) is 16.9. The number of carbonyl (C=O) groups excluding carboxylic acids is 1. The monoisotopic (exact) mass is 583 g/mol. The van der Waals surface area contributed by atoms with Crippen molar-refractivity contribution in [2.24, 2.45) is 4.99 Å². The Balaban J connectivity index is 1.57. The molecule has 0 saturated heterocycles. The molecule has 3 aromatic rings. The maximum Gasteiger partial charge on any atom is 0.363 e. The van der Waals surface area contributed by atoms with Crippen LogP contribution in [0.3, 0.4) is 0 Å². The zero-order valence-electron chi connectivity index (χ0n) is 19.0. The fraction of sp³-hybridized carbons (Fsp3) is 0.185. The van der Waals surface area contributed by atoms with Gasteiger partial charge in [0.25, 0.3) is 0 Å². The van der Waals surface area contributed by atoms with E-state index in [1.165, 1.54) is 5.56 Å². The number of halogens is 2. The van der Waals surface area contributed by atoms with E-state index in [2.05, 4.69) is 50.7 Å². The molecule has 0 spiro atoms. The Bertz CT molecular complexity index is 1280. The van der Waals surface area contributed by atoms with Crippen molar-refractivity contribution in [3.63, 3.8) is 0 Å². The second kappa shape index (κ2) is 10.6. The molecule has 4 rings (SSSR count). The Morgan fingerprint density at radius 2 is 1.82 bits per heavy atom. The van der Waals surface area contributed by atoms with E-state index in [9.17, 15) is 4.79 Å².